The molecule has 1 saturated heterocycles. The molecule has 0 bridgehead atoms. The first-order chi connectivity index (χ1) is 6.74. The summed E-state index contributed by atoms with van der Waals surface area (Å²) in [6.45, 7) is 9.24. The summed E-state index contributed by atoms with van der Waals surface area (Å²) in [5.74, 6) is 0.734. The van der Waals surface area contributed by atoms with Crippen LogP contribution in [0.4, 0.5) is 0 Å². The van der Waals surface area contributed by atoms with Gasteiger partial charge in [-0.15, -0.1) is 0 Å². The summed E-state index contributed by atoms with van der Waals surface area (Å²) in [6, 6.07) is 0.573. The van der Waals surface area contributed by atoms with Crippen molar-refractivity contribution in [1.82, 2.24) is 4.90 Å². The minimum atomic E-state index is 0.573. The van der Waals surface area contributed by atoms with E-state index in [-0.39, 0.29) is 0 Å². The molecule has 3 heteroatoms. The average Bonchev–Trinajstić information content (AvgIpc) is 2.18. The normalized spacial score (nSPS) is 21.4. The number of methoxy groups -OCH3 is 1. The van der Waals surface area contributed by atoms with Gasteiger partial charge in [0.1, 0.15) is 0 Å². The van der Waals surface area contributed by atoms with Crippen molar-refractivity contribution in [2.45, 2.75) is 26.3 Å². The van der Waals surface area contributed by atoms with Crippen molar-refractivity contribution >= 4 is 0 Å². The smallest absolute Gasteiger partial charge is 0.0618 e. The highest BCUT2D eigenvalue weighted by Crippen LogP contribution is 2.13. The number of hydrogen-bond acceptors (Lipinski definition) is 3. The third kappa shape index (κ3) is 3.95. The summed E-state index contributed by atoms with van der Waals surface area (Å²) in [5, 5.41) is 0. The van der Waals surface area contributed by atoms with Gasteiger partial charge >= 0.3 is 0 Å². The molecule has 3 nitrogen and oxygen atoms in total. The van der Waals surface area contributed by atoms with Gasteiger partial charge < -0.3 is 9.47 Å². The van der Waals surface area contributed by atoms with Crippen molar-refractivity contribution in [2.24, 2.45) is 5.92 Å². The van der Waals surface area contributed by atoms with Crippen LogP contribution in [0.3, 0.4) is 0 Å². The van der Waals surface area contributed by atoms with E-state index in [1.54, 1.807) is 7.11 Å². The van der Waals surface area contributed by atoms with Gasteiger partial charge in [-0.1, -0.05) is 13.8 Å². The zero-order valence-electron chi connectivity index (χ0n) is 9.66. The van der Waals surface area contributed by atoms with Gasteiger partial charge in [0.05, 0.1) is 19.8 Å². The van der Waals surface area contributed by atoms with Crippen LogP contribution >= 0.6 is 0 Å². The highest BCUT2D eigenvalue weighted by molar-refractivity contribution is 4.74. The van der Waals surface area contributed by atoms with Crippen molar-refractivity contribution < 1.29 is 9.47 Å². The van der Waals surface area contributed by atoms with Crippen molar-refractivity contribution in [2.75, 3.05) is 40.0 Å². The van der Waals surface area contributed by atoms with Crippen molar-refractivity contribution in [3.63, 3.8) is 0 Å². The maximum Gasteiger partial charge on any atom is 0.0618 e. The molecule has 14 heavy (non-hydrogen) atoms. The van der Waals surface area contributed by atoms with E-state index < -0.39 is 0 Å². The Kier molecular flexibility index (Phi) is 5.45. The average molecular weight is 201 g/mol. The van der Waals surface area contributed by atoms with E-state index in [9.17, 15) is 0 Å². The topological polar surface area (TPSA) is 21.7 Å². The molecule has 0 spiro atoms. The summed E-state index contributed by atoms with van der Waals surface area (Å²) in [4.78, 5) is 2.49. The second-order valence-electron chi connectivity index (χ2n) is 4.39. The third-order valence-electron chi connectivity index (χ3n) is 2.66. The molecular formula is C11H23NO2. The number of rotatable bonds is 5. The van der Waals surface area contributed by atoms with Crippen molar-refractivity contribution in [1.29, 1.82) is 0 Å². The molecule has 1 rings (SSSR count). The Labute approximate surface area is 87.4 Å². The standard InChI is InChI=1S/C11H23NO2/c1-10(2)8-11(9-13-3)12-4-6-14-7-5-12/h10-11H,4-9H2,1-3H3/t11-/m0/s1. The molecule has 0 amide bonds. The molecule has 0 aliphatic carbocycles. The molecule has 0 saturated carbocycles. The van der Waals surface area contributed by atoms with Crippen molar-refractivity contribution in [3.05, 3.63) is 0 Å². The largest absolute Gasteiger partial charge is 0.383 e. The Morgan fingerprint density at radius 2 is 1.93 bits per heavy atom. The summed E-state index contributed by atoms with van der Waals surface area (Å²) in [6.07, 6.45) is 1.22. The quantitative estimate of drug-likeness (QED) is 0.671. The lowest BCUT2D eigenvalue weighted by Gasteiger charge is -2.35. The molecule has 1 aliphatic heterocycles. The zero-order valence-corrected chi connectivity index (χ0v) is 9.66. The van der Waals surface area contributed by atoms with Crippen LogP contribution in [0.2, 0.25) is 0 Å². The lowest BCUT2D eigenvalue weighted by Crippen LogP contribution is -2.46. The van der Waals surface area contributed by atoms with Gasteiger partial charge in [0, 0.05) is 26.2 Å². The molecule has 1 atom stereocenters. The molecule has 0 radical (unpaired) electrons. The molecule has 0 aromatic carbocycles. The predicted octanol–water partition coefficient (Wildman–Crippen LogP) is 1.38. The zero-order chi connectivity index (χ0) is 10.4. The van der Waals surface area contributed by atoms with E-state index in [1.165, 1.54) is 6.42 Å². The summed E-state index contributed by atoms with van der Waals surface area (Å²) < 4.78 is 10.6. The first kappa shape index (κ1) is 12.0. The Balaban J connectivity index is 2.38. The van der Waals surface area contributed by atoms with Crippen LogP contribution in [0.25, 0.3) is 0 Å². The minimum Gasteiger partial charge on any atom is -0.383 e. The SMILES string of the molecule is COC[C@H](CC(C)C)N1CCOCC1. The van der Waals surface area contributed by atoms with Gasteiger partial charge in [-0.25, -0.2) is 0 Å². The number of ether oxygens (including phenoxy) is 2. The van der Waals surface area contributed by atoms with Gasteiger partial charge in [-0.2, -0.15) is 0 Å². The second-order valence-corrected chi connectivity index (χ2v) is 4.39. The van der Waals surface area contributed by atoms with Crippen LogP contribution in [-0.2, 0) is 9.47 Å². The van der Waals surface area contributed by atoms with E-state index in [2.05, 4.69) is 18.7 Å². The fourth-order valence-electron chi connectivity index (χ4n) is 2.00. The highest BCUT2D eigenvalue weighted by atomic mass is 16.5. The van der Waals surface area contributed by atoms with E-state index in [4.69, 9.17) is 9.47 Å². The molecule has 0 N–H and O–H groups in total. The maximum absolute atomic E-state index is 5.35. The predicted molar refractivity (Wildman–Crippen MR) is 57.5 cm³/mol. The first-order valence-electron chi connectivity index (χ1n) is 5.54. The fourth-order valence-corrected chi connectivity index (χ4v) is 2.00. The summed E-state index contributed by atoms with van der Waals surface area (Å²) >= 11 is 0. The molecule has 84 valence electrons. The Hall–Kier alpha value is -0.120. The summed E-state index contributed by atoms with van der Waals surface area (Å²) in [7, 11) is 1.79. The van der Waals surface area contributed by atoms with Gasteiger partial charge in [0.2, 0.25) is 0 Å². The van der Waals surface area contributed by atoms with Crippen LogP contribution in [0.15, 0.2) is 0 Å². The molecule has 0 aromatic rings. The van der Waals surface area contributed by atoms with Gasteiger partial charge in [0.15, 0.2) is 0 Å². The molecule has 1 heterocycles. The lowest BCUT2D eigenvalue weighted by atomic mass is 10.0. The van der Waals surface area contributed by atoms with Gasteiger partial charge in [-0.3, -0.25) is 4.90 Å². The van der Waals surface area contributed by atoms with Crippen molar-refractivity contribution in [3.8, 4) is 0 Å². The second kappa shape index (κ2) is 6.38. The minimum absolute atomic E-state index is 0.573. The number of nitrogens with zero attached hydrogens (tertiary/aromatic N) is 1. The van der Waals surface area contributed by atoms with Crippen LogP contribution in [0.5, 0.6) is 0 Å². The molecule has 0 unspecified atom stereocenters. The van der Waals surface area contributed by atoms with E-state index >= 15 is 0 Å². The van der Waals surface area contributed by atoms with E-state index in [0.29, 0.717) is 6.04 Å². The van der Waals surface area contributed by atoms with Crippen LogP contribution in [0, 0.1) is 5.92 Å². The molecular weight excluding hydrogens is 178 g/mol. The van der Waals surface area contributed by atoms with Crippen LogP contribution in [0.1, 0.15) is 20.3 Å². The Morgan fingerprint density at radius 1 is 1.29 bits per heavy atom. The number of morpholine rings is 1. The first-order valence-corrected chi connectivity index (χ1v) is 5.54. The number of hydrogen-bond donors (Lipinski definition) is 0. The third-order valence-corrected chi connectivity index (χ3v) is 2.66. The van der Waals surface area contributed by atoms with Gasteiger partial charge in [0.25, 0.3) is 0 Å². The monoisotopic (exact) mass is 201 g/mol. The lowest BCUT2D eigenvalue weighted by molar-refractivity contribution is -0.00835. The van der Waals surface area contributed by atoms with Crippen LogP contribution in [-0.4, -0.2) is 51.0 Å². The Bertz CT molecular complexity index is 144. The fraction of sp³-hybridized carbons (Fsp3) is 1.00. The van der Waals surface area contributed by atoms with E-state index in [1.807, 2.05) is 0 Å². The molecule has 0 aromatic heterocycles. The molecule has 1 aliphatic rings. The van der Waals surface area contributed by atoms with Crippen LogP contribution < -0.4 is 0 Å². The molecule has 1 fully saturated rings. The van der Waals surface area contributed by atoms with Gasteiger partial charge in [-0.05, 0) is 12.3 Å². The summed E-state index contributed by atoms with van der Waals surface area (Å²) in [5.41, 5.74) is 0. The maximum atomic E-state index is 5.35. The van der Waals surface area contributed by atoms with E-state index in [0.717, 1.165) is 38.8 Å². The highest BCUT2D eigenvalue weighted by Gasteiger charge is 2.21. The Morgan fingerprint density at radius 3 is 2.43 bits per heavy atom.